The molecule has 0 fully saturated rings. The third kappa shape index (κ3) is 4.06. The van der Waals surface area contributed by atoms with Crippen molar-refractivity contribution in [1.29, 1.82) is 0 Å². The number of hydrogen-bond acceptors (Lipinski definition) is 5. The average Bonchev–Trinajstić information content (AvgIpc) is 2.81. The zero-order chi connectivity index (χ0) is 17.6. The number of nitrogens with zero attached hydrogens (tertiary/aromatic N) is 2. The van der Waals surface area contributed by atoms with Crippen molar-refractivity contribution in [2.45, 2.75) is 6.54 Å². The van der Waals surface area contributed by atoms with E-state index in [2.05, 4.69) is 10.3 Å². The second-order valence-corrected chi connectivity index (χ2v) is 5.56. The first-order valence-corrected chi connectivity index (χ1v) is 7.94. The van der Waals surface area contributed by atoms with Gasteiger partial charge in [-0.3, -0.25) is 9.59 Å². The fourth-order valence-electron chi connectivity index (χ4n) is 2.55. The lowest BCUT2D eigenvalue weighted by molar-refractivity contribution is -0.133. The number of amides is 2. The molecule has 1 aromatic heterocycles. The molecule has 0 radical (unpaired) electrons. The van der Waals surface area contributed by atoms with E-state index in [4.69, 9.17) is 9.47 Å². The van der Waals surface area contributed by atoms with Gasteiger partial charge in [-0.2, -0.15) is 0 Å². The van der Waals surface area contributed by atoms with Gasteiger partial charge in [-0.05, 0) is 12.1 Å². The van der Waals surface area contributed by atoms with Gasteiger partial charge in [0, 0.05) is 37.5 Å². The maximum Gasteiger partial charge on any atom is 0.260 e. The van der Waals surface area contributed by atoms with Crippen LogP contribution in [0, 0.1) is 0 Å². The number of carbonyl (C=O) groups excluding carboxylic acids is 2. The van der Waals surface area contributed by atoms with Crippen molar-refractivity contribution >= 4 is 11.8 Å². The Balaban J connectivity index is 1.55. The van der Waals surface area contributed by atoms with Crippen LogP contribution in [0.2, 0.25) is 0 Å². The van der Waals surface area contributed by atoms with Crippen LogP contribution in [0.25, 0.3) is 0 Å². The Bertz CT molecular complexity index is 761. The molecule has 0 unspecified atom stereocenters. The summed E-state index contributed by atoms with van der Waals surface area (Å²) in [4.78, 5) is 30.0. The number of fused-ring (bicyclic) bond motifs is 1. The van der Waals surface area contributed by atoms with Crippen LogP contribution in [0.4, 0.5) is 0 Å². The highest BCUT2D eigenvalue weighted by molar-refractivity contribution is 5.93. The molecular formula is C18H19N3O4. The summed E-state index contributed by atoms with van der Waals surface area (Å²) in [6, 6.07) is 10.8. The smallest absolute Gasteiger partial charge is 0.260 e. The predicted octanol–water partition coefficient (Wildman–Crippen LogP) is 1.24. The molecular weight excluding hydrogens is 322 g/mol. The number of ether oxygens (including phenoxy) is 2. The van der Waals surface area contributed by atoms with Crippen LogP contribution in [0.15, 0.2) is 42.6 Å². The van der Waals surface area contributed by atoms with Gasteiger partial charge in [-0.25, -0.2) is 4.98 Å². The minimum atomic E-state index is -0.242. The molecule has 7 heteroatoms. The van der Waals surface area contributed by atoms with Crippen molar-refractivity contribution < 1.29 is 19.1 Å². The standard InChI is InChI=1S/C18H19N3O4/c1-24-16-7-6-13(10-20-16)18(23)19-8-9-21-11-14-4-2-3-5-15(14)25-12-17(21)22/h2-7,10H,8-9,11-12H2,1H3,(H,19,23). The molecule has 2 amide bonds. The number of hydrogen-bond donors (Lipinski definition) is 1. The zero-order valence-electron chi connectivity index (χ0n) is 13.9. The molecule has 25 heavy (non-hydrogen) atoms. The Hall–Kier alpha value is -3.09. The Morgan fingerprint density at radius 2 is 2.16 bits per heavy atom. The summed E-state index contributed by atoms with van der Waals surface area (Å²) in [5, 5.41) is 2.79. The van der Waals surface area contributed by atoms with Crippen molar-refractivity contribution in [3.63, 3.8) is 0 Å². The predicted molar refractivity (Wildman–Crippen MR) is 90.5 cm³/mol. The maximum atomic E-state index is 12.2. The molecule has 3 rings (SSSR count). The van der Waals surface area contributed by atoms with Gasteiger partial charge in [0.2, 0.25) is 5.88 Å². The minimum absolute atomic E-state index is 0.00730. The first-order chi connectivity index (χ1) is 12.2. The van der Waals surface area contributed by atoms with Crippen molar-refractivity contribution in [3.8, 4) is 11.6 Å². The fraction of sp³-hybridized carbons (Fsp3) is 0.278. The summed E-state index contributed by atoms with van der Waals surface area (Å²) in [5.74, 6) is 0.836. The highest BCUT2D eigenvalue weighted by Crippen LogP contribution is 2.22. The summed E-state index contributed by atoms with van der Waals surface area (Å²) in [5.41, 5.74) is 1.40. The summed E-state index contributed by atoms with van der Waals surface area (Å²) in [6.07, 6.45) is 1.45. The molecule has 0 atom stereocenters. The highest BCUT2D eigenvalue weighted by Gasteiger charge is 2.21. The van der Waals surface area contributed by atoms with Crippen LogP contribution < -0.4 is 14.8 Å². The molecule has 0 aliphatic carbocycles. The number of pyridine rings is 1. The van der Waals surface area contributed by atoms with E-state index in [1.165, 1.54) is 13.3 Å². The molecule has 1 aliphatic heterocycles. The lowest BCUT2D eigenvalue weighted by Gasteiger charge is -2.20. The van der Waals surface area contributed by atoms with Gasteiger partial charge in [0.05, 0.1) is 12.7 Å². The van der Waals surface area contributed by atoms with E-state index in [1.807, 2.05) is 24.3 Å². The Kier molecular flexibility index (Phi) is 5.13. The lowest BCUT2D eigenvalue weighted by atomic mass is 10.2. The molecule has 7 nitrogen and oxygen atoms in total. The van der Waals surface area contributed by atoms with Crippen LogP contribution in [0.3, 0.4) is 0 Å². The zero-order valence-corrected chi connectivity index (χ0v) is 13.9. The van der Waals surface area contributed by atoms with Gasteiger partial charge in [-0.1, -0.05) is 18.2 Å². The van der Waals surface area contributed by atoms with Gasteiger partial charge in [0.1, 0.15) is 5.75 Å². The third-order valence-corrected chi connectivity index (χ3v) is 3.91. The molecule has 0 spiro atoms. The molecule has 2 heterocycles. The molecule has 0 saturated heterocycles. The summed E-state index contributed by atoms with van der Waals surface area (Å²) < 4.78 is 10.5. The van der Waals surface area contributed by atoms with Crippen LogP contribution in [-0.2, 0) is 11.3 Å². The largest absolute Gasteiger partial charge is 0.483 e. The number of aromatic nitrogens is 1. The van der Waals surface area contributed by atoms with Crippen LogP contribution in [0.1, 0.15) is 15.9 Å². The number of rotatable bonds is 5. The van der Waals surface area contributed by atoms with E-state index < -0.39 is 0 Å². The first kappa shape index (κ1) is 16.8. The third-order valence-electron chi connectivity index (χ3n) is 3.91. The van der Waals surface area contributed by atoms with Gasteiger partial charge in [0.25, 0.3) is 11.8 Å². The number of nitrogens with one attached hydrogen (secondary N) is 1. The SMILES string of the molecule is COc1ccc(C(=O)NCCN2Cc3ccccc3OCC2=O)cn1. The van der Waals surface area contributed by atoms with Crippen molar-refractivity contribution in [1.82, 2.24) is 15.2 Å². The Labute approximate surface area is 145 Å². The molecule has 1 N–H and O–H groups in total. The number of carbonyl (C=O) groups is 2. The minimum Gasteiger partial charge on any atom is -0.483 e. The Morgan fingerprint density at radius 1 is 1.32 bits per heavy atom. The first-order valence-electron chi connectivity index (χ1n) is 7.94. The van der Waals surface area contributed by atoms with Crippen LogP contribution >= 0.6 is 0 Å². The topological polar surface area (TPSA) is 80.8 Å². The molecule has 0 saturated carbocycles. The fourth-order valence-corrected chi connectivity index (χ4v) is 2.55. The number of benzene rings is 1. The summed E-state index contributed by atoms with van der Waals surface area (Å²) in [6.45, 7) is 1.23. The van der Waals surface area contributed by atoms with E-state index in [0.29, 0.717) is 31.1 Å². The van der Waals surface area contributed by atoms with Crippen molar-refractivity contribution in [3.05, 3.63) is 53.7 Å². The molecule has 130 valence electrons. The average molecular weight is 341 g/mol. The van der Waals surface area contributed by atoms with E-state index in [0.717, 1.165) is 11.3 Å². The van der Waals surface area contributed by atoms with E-state index >= 15 is 0 Å². The van der Waals surface area contributed by atoms with E-state index in [-0.39, 0.29) is 18.4 Å². The molecule has 2 aromatic rings. The van der Waals surface area contributed by atoms with E-state index in [9.17, 15) is 9.59 Å². The second-order valence-electron chi connectivity index (χ2n) is 5.56. The van der Waals surface area contributed by atoms with Gasteiger partial charge in [0.15, 0.2) is 6.61 Å². The van der Waals surface area contributed by atoms with Crippen molar-refractivity contribution in [2.75, 3.05) is 26.8 Å². The monoisotopic (exact) mass is 341 g/mol. The lowest BCUT2D eigenvalue weighted by Crippen LogP contribution is -2.39. The normalized spacial score (nSPS) is 13.5. The summed E-state index contributed by atoms with van der Waals surface area (Å²) >= 11 is 0. The molecule has 1 aliphatic rings. The van der Waals surface area contributed by atoms with Crippen LogP contribution in [0.5, 0.6) is 11.6 Å². The van der Waals surface area contributed by atoms with Gasteiger partial charge in [-0.15, -0.1) is 0 Å². The Morgan fingerprint density at radius 3 is 2.92 bits per heavy atom. The number of para-hydroxylation sites is 1. The highest BCUT2D eigenvalue weighted by atomic mass is 16.5. The van der Waals surface area contributed by atoms with Gasteiger partial charge >= 0.3 is 0 Å². The van der Waals surface area contributed by atoms with Crippen LogP contribution in [-0.4, -0.2) is 48.5 Å². The van der Waals surface area contributed by atoms with Crippen molar-refractivity contribution in [2.24, 2.45) is 0 Å². The summed E-state index contributed by atoms with van der Waals surface area (Å²) in [7, 11) is 1.52. The maximum absolute atomic E-state index is 12.2. The number of methoxy groups -OCH3 is 1. The van der Waals surface area contributed by atoms with E-state index in [1.54, 1.807) is 17.0 Å². The molecule has 1 aromatic carbocycles. The van der Waals surface area contributed by atoms with Gasteiger partial charge < -0.3 is 19.7 Å². The quantitative estimate of drug-likeness (QED) is 0.885. The molecule has 0 bridgehead atoms. The second kappa shape index (κ2) is 7.65.